The predicted octanol–water partition coefficient (Wildman–Crippen LogP) is 5.87. The number of ether oxygens (including phenoxy) is 1. The Labute approximate surface area is 179 Å². The Hall–Kier alpha value is -3.01. The van der Waals surface area contributed by atoms with Gasteiger partial charge in [0.25, 0.3) is 0 Å². The standard InChI is InChI=1S/C21H17F4NO4S/c1-11-3-5-14(29-9-19(27)28)8-18(11)31-10-17-12(2)26-20(30-17)13-4-6-15(16(22)7-13)21(23,24)25/h3-8H,9-10H2,1-2H3,(H,27,28). The Morgan fingerprint density at radius 2 is 1.94 bits per heavy atom. The first-order valence-electron chi connectivity index (χ1n) is 8.96. The number of carbonyl (C=O) groups is 1. The van der Waals surface area contributed by atoms with E-state index in [0.29, 0.717) is 29.0 Å². The van der Waals surface area contributed by atoms with Crippen LogP contribution in [0.25, 0.3) is 11.5 Å². The molecule has 0 aliphatic heterocycles. The number of halogens is 4. The summed E-state index contributed by atoms with van der Waals surface area (Å²) in [4.78, 5) is 15.7. The summed E-state index contributed by atoms with van der Waals surface area (Å²) in [5.74, 6) is -1.21. The molecule has 0 amide bonds. The van der Waals surface area contributed by atoms with Crippen LogP contribution in [0.5, 0.6) is 5.75 Å². The lowest BCUT2D eigenvalue weighted by atomic mass is 10.1. The highest BCUT2D eigenvalue weighted by atomic mass is 32.2. The molecule has 3 rings (SSSR count). The van der Waals surface area contributed by atoms with E-state index in [1.54, 1.807) is 25.1 Å². The molecule has 31 heavy (non-hydrogen) atoms. The van der Waals surface area contributed by atoms with E-state index in [1.165, 1.54) is 11.8 Å². The number of nitrogens with zero attached hydrogens (tertiary/aromatic N) is 1. The van der Waals surface area contributed by atoms with Crippen molar-refractivity contribution in [2.45, 2.75) is 30.7 Å². The Morgan fingerprint density at radius 3 is 2.58 bits per heavy atom. The van der Waals surface area contributed by atoms with Gasteiger partial charge in [0.15, 0.2) is 6.61 Å². The maximum atomic E-state index is 13.9. The van der Waals surface area contributed by atoms with Crippen molar-refractivity contribution < 1.29 is 36.6 Å². The maximum Gasteiger partial charge on any atom is 0.419 e. The summed E-state index contributed by atoms with van der Waals surface area (Å²) in [5, 5.41) is 8.72. The van der Waals surface area contributed by atoms with Crippen LogP contribution < -0.4 is 4.74 Å². The van der Waals surface area contributed by atoms with E-state index in [2.05, 4.69) is 4.98 Å². The molecule has 164 valence electrons. The van der Waals surface area contributed by atoms with Crippen molar-refractivity contribution in [3.8, 4) is 17.2 Å². The quantitative estimate of drug-likeness (QED) is 0.355. The number of aryl methyl sites for hydroxylation is 2. The van der Waals surface area contributed by atoms with E-state index >= 15 is 0 Å². The molecule has 0 aliphatic carbocycles. The minimum Gasteiger partial charge on any atom is -0.482 e. The number of aliphatic carboxylic acids is 1. The summed E-state index contributed by atoms with van der Waals surface area (Å²) in [5.41, 5.74) is 0.217. The van der Waals surface area contributed by atoms with Crippen molar-refractivity contribution in [1.29, 1.82) is 0 Å². The fraction of sp³-hybridized carbons (Fsp3) is 0.238. The topological polar surface area (TPSA) is 72.6 Å². The van der Waals surface area contributed by atoms with Crippen LogP contribution in [0.3, 0.4) is 0 Å². The summed E-state index contributed by atoms with van der Waals surface area (Å²) in [6.45, 7) is 3.11. The van der Waals surface area contributed by atoms with Gasteiger partial charge < -0.3 is 14.3 Å². The van der Waals surface area contributed by atoms with Crippen molar-refractivity contribution in [1.82, 2.24) is 4.98 Å². The van der Waals surface area contributed by atoms with Crippen LogP contribution in [0.2, 0.25) is 0 Å². The molecule has 3 aromatic rings. The van der Waals surface area contributed by atoms with Crippen LogP contribution in [-0.4, -0.2) is 22.7 Å². The predicted molar refractivity (Wildman–Crippen MR) is 106 cm³/mol. The van der Waals surface area contributed by atoms with E-state index in [0.717, 1.165) is 22.6 Å². The molecule has 0 aliphatic rings. The van der Waals surface area contributed by atoms with Gasteiger partial charge in [-0.2, -0.15) is 13.2 Å². The van der Waals surface area contributed by atoms with E-state index in [1.807, 2.05) is 6.92 Å². The second kappa shape index (κ2) is 9.01. The van der Waals surface area contributed by atoms with Crippen LogP contribution in [0.4, 0.5) is 17.6 Å². The number of benzene rings is 2. The lowest BCUT2D eigenvalue weighted by Crippen LogP contribution is -2.09. The Balaban J connectivity index is 1.76. The number of hydrogen-bond acceptors (Lipinski definition) is 5. The highest BCUT2D eigenvalue weighted by molar-refractivity contribution is 7.98. The van der Waals surface area contributed by atoms with Crippen molar-refractivity contribution in [2.24, 2.45) is 0 Å². The second-order valence-electron chi connectivity index (χ2n) is 6.62. The van der Waals surface area contributed by atoms with Gasteiger partial charge in [0, 0.05) is 10.5 Å². The maximum absolute atomic E-state index is 13.9. The third kappa shape index (κ3) is 5.57. The number of oxazole rings is 1. The Kier molecular flexibility index (Phi) is 6.59. The van der Waals surface area contributed by atoms with E-state index < -0.39 is 30.1 Å². The minimum absolute atomic E-state index is 0.0241. The first kappa shape index (κ1) is 22.7. The summed E-state index contributed by atoms with van der Waals surface area (Å²) in [7, 11) is 0. The number of carboxylic acid groups (broad SMARTS) is 1. The molecular formula is C21H17F4NO4S. The molecule has 0 unspecified atom stereocenters. The average molecular weight is 455 g/mol. The largest absolute Gasteiger partial charge is 0.482 e. The lowest BCUT2D eigenvalue weighted by molar-refractivity contribution is -0.140. The smallest absolute Gasteiger partial charge is 0.419 e. The highest BCUT2D eigenvalue weighted by Gasteiger charge is 2.34. The number of aromatic nitrogens is 1. The SMILES string of the molecule is Cc1ccc(OCC(=O)O)cc1SCc1oc(-c2ccc(C(F)(F)F)c(F)c2)nc1C. The summed E-state index contributed by atoms with van der Waals surface area (Å²) in [6, 6.07) is 7.69. The van der Waals surface area contributed by atoms with Crippen molar-refractivity contribution in [3.05, 3.63) is 64.8 Å². The number of alkyl halides is 3. The van der Waals surface area contributed by atoms with Crippen LogP contribution >= 0.6 is 11.8 Å². The molecule has 0 fully saturated rings. The lowest BCUT2D eigenvalue weighted by Gasteiger charge is -2.09. The molecule has 10 heteroatoms. The number of carboxylic acids is 1. The number of thioether (sulfide) groups is 1. The normalized spacial score (nSPS) is 11.5. The third-order valence-electron chi connectivity index (χ3n) is 4.29. The molecule has 0 radical (unpaired) electrons. The van der Waals surface area contributed by atoms with Gasteiger partial charge in [0.1, 0.15) is 17.3 Å². The molecule has 5 nitrogen and oxygen atoms in total. The number of rotatable bonds is 7. The van der Waals surface area contributed by atoms with E-state index in [9.17, 15) is 22.4 Å². The molecule has 1 aromatic heterocycles. The van der Waals surface area contributed by atoms with Gasteiger partial charge in [-0.25, -0.2) is 14.2 Å². The molecule has 1 heterocycles. The molecule has 2 aromatic carbocycles. The first-order chi connectivity index (χ1) is 14.5. The minimum atomic E-state index is -4.78. The summed E-state index contributed by atoms with van der Waals surface area (Å²) >= 11 is 1.40. The third-order valence-corrected chi connectivity index (χ3v) is 5.45. The van der Waals surface area contributed by atoms with Gasteiger partial charge in [-0.05, 0) is 49.7 Å². The van der Waals surface area contributed by atoms with Gasteiger partial charge in [-0.15, -0.1) is 11.8 Å². The van der Waals surface area contributed by atoms with Crippen LogP contribution in [-0.2, 0) is 16.7 Å². The Bertz CT molecular complexity index is 1110. The molecule has 0 atom stereocenters. The molecule has 0 saturated carbocycles. The fourth-order valence-electron chi connectivity index (χ4n) is 2.68. The van der Waals surface area contributed by atoms with Crippen LogP contribution in [0.1, 0.15) is 22.6 Å². The van der Waals surface area contributed by atoms with Crippen LogP contribution in [0, 0.1) is 19.7 Å². The second-order valence-corrected chi connectivity index (χ2v) is 7.64. The van der Waals surface area contributed by atoms with Gasteiger partial charge >= 0.3 is 12.1 Å². The summed E-state index contributed by atoms with van der Waals surface area (Å²) < 4.78 is 62.9. The zero-order chi connectivity index (χ0) is 22.8. The Morgan fingerprint density at radius 1 is 1.19 bits per heavy atom. The molecule has 1 N–H and O–H groups in total. The van der Waals surface area contributed by atoms with Gasteiger partial charge in [-0.1, -0.05) is 6.07 Å². The highest BCUT2D eigenvalue weighted by Crippen LogP contribution is 2.35. The van der Waals surface area contributed by atoms with Gasteiger partial charge in [0.05, 0.1) is 17.0 Å². The van der Waals surface area contributed by atoms with Crippen molar-refractivity contribution in [3.63, 3.8) is 0 Å². The van der Waals surface area contributed by atoms with Crippen LogP contribution in [0.15, 0.2) is 45.7 Å². The van der Waals surface area contributed by atoms with Gasteiger partial charge in [-0.3, -0.25) is 0 Å². The molecule has 0 bridgehead atoms. The average Bonchev–Trinajstić information content (AvgIpc) is 3.06. The first-order valence-corrected chi connectivity index (χ1v) is 9.94. The summed E-state index contributed by atoms with van der Waals surface area (Å²) in [6.07, 6.45) is -4.78. The van der Waals surface area contributed by atoms with E-state index in [4.69, 9.17) is 14.3 Å². The zero-order valence-electron chi connectivity index (χ0n) is 16.4. The van der Waals surface area contributed by atoms with Crippen molar-refractivity contribution in [2.75, 3.05) is 6.61 Å². The molecule has 0 spiro atoms. The molecule has 0 saturated heterocycles. The van der Waals surface area contributed by atoms with Crippen molar-refractivity contribution >= 4 is 17.7 Å². The monoisotopic (exact) mass is 455 g/mol. The molecular weight excluding hydrogens is 438 g/mol. The van der Waals surface area contributed by atoms with Gasteiger partial charge in [0.2, 0.25) is 5.89 Å². The van der Waals surface area contributed by atoms with E-state index in [-0.39, 0.29) is 11.5 Å². The fourth-order valence-corrected chi connectivity index (χ4v) is 3.73. The zero-order valence-corrected chi connectivity index (χ0v) is 17.2. The number of hydrogen-bond donors (Lipinski definition) is 1.